The average molecular weight is 387 g/mol. The van der Waals surface area contributed by atoms with E-state index in [1.165, 1.54) is 11.8 Å². The molecule has 0 bridgehead atoms. The van der Waals surface area contributed by atoms with Crippen molar-refractivity contribution in [3.63, 3.8) is 0 Å². The molecule has 7 heteroatoms. The highest BCUT2D eigenvalue weighted by Crippen LogP contribution is 2.14. The van der Waals surface area contributed by atoms with E-state index < -0.39 is 0 Å². The van der Waals surface area contributed by atoms with Gasteiger partial charge < -0.3 is 4.74 Å². The van der Waals surface area contributed by atoms with E-state index in [0.29, 0.717) is 17.7 Å². The van der Waals surface area contributed by atoms with Crippen molar-refractivity contribution in [3.05, 3.63) is 47.3 Å². The molecule has 0 aliphatic carbocycles. The summed E-state index contributed by atoms with van der Waals surface area (Å²) in [5.74, 6) is 1.47. The summed E-state index contributed by atoms with van der Waals surface area (Å²) in [5.41, 5.74) is 5.18. The molecule has 0 saturated heterocycles. The van der Waals surface area contributed by atoms with E-state index in [4.69, 9.17) is 4.74 Å². The molecule has 0 radical (unpaired) electrons. The van der Waals surface area contributed by atoms with Crippen LogP contribution in [-0.2, 0) is 4.79 Å². The topological polar surface area (TPSA) is 76.5 Å². The Morgan fingerprint density at radius 1 is 1.22 bits per heavy atom. The van der Waals surface area contributed by atoms with Gasteiger partial charge in [0.05, 0.1) is 18.6 Å². The molecule has 6 nitrogen and oxygen atoms in total. The van der Waals surface area contributed by atoms with Crippen molar-refractivity contribution < 1.29 is 9.53 Å². The molecule has 0 unspecified atom stereocenters. The summed E-state index contributed by atoms with van der Waals surface area (Å²) in [4.78, 5) is 20.5. The molecule has 0 atom stereocenters. The second-order valence-electron chi connectivity index (χ2n) is 6.62. The van der Waals surface area contributed by atoms with Gasteiger partial charge >= 0.3 is 0 Å². The van der Waals surface area contributed by atoms with E-state index in [2.05, 4.69) is 34.3 Å². The number of hydrogen-bond acceptors (Lipinski definition) is 6. The van der Waals surface area contributed by atoms with Crippen molar-refractivity contribution in [1.82, 2.24) is 15.4 Å². The number of aromatic nitrogens is 2. The molecule has 144 valence electrons. The number of carbonyl (C=O) groups is 1. The number of nitrogens with one attached hydrogen (secondary N) is 1. The zero-order valence-corrected chi connectivity index (χ0v) is 17.0. The van der Waals surface area contributed by atoms with Crippen LogP contribution in [0.15, 0.2) is 40.6 Å². The van der Waals surface area contributed by atoms with Crippen molar-refractivity contribution in [1.29, 1.82) is 0 Å². The lowest BCUT2D eigenvalue weighted by Crippen LogP contribution is -2.19. The van der Waals surface area contributed by atoms with Gasteiger partial charge in [-0.15, -0.1) is 0 Å². The van der Waals surface area contributed by atoms with Gasteiger partial charge in [-0.3, -0.25) is 4.79 Å². The minimum atomic E-state index is -0.201. The molecule has 1 amide bonds. The highest BCUT2D eigenvalue weighted by Gasteiger charge is 2.05. The van der Waals surface area contributed by atoms with Crippen LogP contribution < -0.4 is 10.2 Å². The predicted octanol–water partition coefficient (Wildman–Crippen LogP) is 3.76. The fraction of sp³-hybridized carbons (Fsp3) is 0.400. The summed E-state index contributed by atoms with van der Waals surface area (Å²) in [5, 5.41) is 4.58. The van der Waals surface area contributed by atoms with Crippen molar-refractivity contribution in [3.8, 4) is 5.75 Å². The lowest BCUT2D eigenvalue weighted by molar-refractivity contribution is -0.118. The van der Waals surface area contributed by atoms with Gasteiger partial charge in [0.15, 0.2) is 5.16 Å². The van der Waals surface area contributed by atoms with Crippen LogP contribution in [0.4, 0.5) is 0 Å². The maximum Gasteiger partial charge on any atom is 0.250 e. The molecule has 0 spiro atoms. The average Bonchev–Trinajstić information content (AvgIpc) is 2.60. The standard InChI is InChI=1S/C20H26N4O2S/c1-14(2)9-10-26-18-7-5-17(6-8-18)12-21-24-19(25)13-27-20-22-15(3)11-16(4)23-20/h5-8,11-12,14H,9-10,13H2,1-4H3,(H,24,25)/b21-12+. The first-order valence-corrected chi connectivity index (χ1v) is 9.91. The lowest BCUT2D eigenvalue weighted by atomic mass is 10.1. The molecule has 1 aromatic heterocycles. The maximum atomic E-state index is 11.9. The minimum Gasteiger partial charge on any atom is -0.494 e. The van der Waals surface area contributed by atoms with Crippen molar-refractivity contribution in [2.24, 2.45) is 11.0 Å². The highest BCUT2D eigenvalue weighted by atomic mass is 32.2. The quantitative estimate of drug-likeness (QED) is 0.307. The molecule has 27 heavy (non-hydrogen) atoms. The van der Waals surface area contributed by atoms with Crippen molar-refractivity contribution in [2.45, 2.75) is 39.3 Å². The summed E-state index contributed by atoms with van der Waals surface area (Å²) < 4.78 is 5.68. The highest BCUT2D eigenvalue weighted by molar-refractivity contribution is 7.99. The Bertz CT molecular complexity index is 756. The van der Waals surface area contributed by atoms with E-state index in [-0.39, 0.29) is 11.7 Å². The Morgan fingerprint density at radius 2 is 1.89 bits per heavy atom. The smallest absolute Gasteiger partial charge is 0.250 e. The number of benzene rings is 1. The van der Waals surface area contributed by atoms with Gasteiger partial charge in [0, 0.05) is 11.4 Å². The van der Waals surface area contributed by atoms with E-state index in [1.807, 2.05) is 44.2 Å². The number of nitrogens with zero attached hydrogens (tertiary/aromatic N) is 3. The second kappa shape index (κ2) is 10.7. The predicted molar refractivity (Wildman–Crippen MR) is 109 cm³/mol. The lowest BCUT2D eigenvalue weighted by Gasteiger charge is -2.07. The normalized spacial score (nSPS) is 11.1. The molecule has 0 fully saturated rings. The van der Waals surface area contributed by atoms with Gasteiger partial charge in [-0.25, -0.2) is 15.4 Å². The fourth-order valence-corrected chi connectivity index (χ4v) is 2.90. The van der Waals surface area contributed by atoms with Gasteiger partial charge in [-0.05, 0) is 62.1 Å². The van der Waals surface area contributed by atoms with Crippen LogP contribution >= 0.6 is 11.8 Å². The Balaban J connectivity index is 1.74. The number of carbonyl (C=O) groups excluding carboxylic acids is 1. The summed E-state index contributed by atoms with van der Waals surface area (Å²) in [6, 6.07) is 9.50. The van der Waals surface area contributed by atoms with E-state index >= 15 is 0 Å². The number of rotatable bonds is 9. The molecule has 1 aromatic carbocycles. The van der Waals surface area contributed by atoms with Gasteiger partial charge in [0.25, 0.3) is 5.91 Å². The third kappa shape index (κ3) is 8.21. The van der Waals surface area contributed by atoms with Crippen LogP contribution in [0.3, 0.4) is 0 Å². The number of amides is 1. The Hall–Kier alpha value is -2.41. The van der Waals surface area contributed by atoms with Crippen LogP contribution in [0.5, 0.6) is 5.75 Å². The fourth-order valence-electron chi connectivity index (χ4n) is 2.16. The number of hydrazone groups is 1. The first-order chi connectivity index (χ1) is 12.9. The Labute approximate surface area is 164 Å². The van der Waals surface area contributed by atoms with Crippen LogP contribution in [0.1, 0.15) is 37.2 Å². The SMILES string of the molecule is Cc1cc(C)nc(SCC(=O)N/N=C/c2ccc(OCCC(C)C)cc2)n1. The Kier molecular flexibility index (Phi) is 8.26. The summed E-state index contributed by atoms with van der Waals surface area (Å²) in [7, 11) is 0. The van der Waals surface area contributed by atoms with Crippen molar-refractivity contribution in [2.75, 3.05) is 12.4 Å². The van der Waals surface area contributed by atoms with Gasteiger partial charge in [0.1, 0.15) is 5.75 Å². The molecule has 1 N–H and O–H groups in total. The number of thioether (sulfide) groups is 1. The number of hydrogen-bond donors (Lipinski definition) is 1. The molecule has 2 rings (SSSR count). The second-order valence-corrected chi connectivity index (χ2v) is 7.56. The molecular formula is C20H26N4O2S. The Morgan fingerprint density at radius 3 is 2.52 bits per heavy atom. The number of aryl methyl sites for hydroxylation is 2. The molecule has 2 aromatic rings. The molecule has 0 aliphatic heterocycles. The van der Waals surface area contributed by atoms with Gasteiger partial charge in [0.2, 0.25) is 0 Å². The van der Waals surface area contributed by atoms with Crippen molar-refractivity contribution >= 4 is 23.9 Å². The summed E-state index contributed by atoms with van der Waals surface area (Å²) in [6.07, 6.45) is 2.63. The van der Waals surface area contributed by atoms with Gasteiger partial charge in [-0.1, -0.05) is 25.6 Å². The first-order valence-electron chi connectivity index (χ1n) is 8.92. The van der Waals surface area contributed by atoms with Crippen LogP contribution in [0.25, 0.3) is 0 Å². The van der Waals surface area contributed by atoms with Crippen LogP contribution in [-0.4, -0.2) is 34.4 Å². The maximum absolute atomic E-state index is 11.9. The monoisotopic (exact) mass is 386 g/mol. The summed E-state index contributed by atoms with van der Waals surface area (Å²) >= 11 is 1.29. The zero-order valence-electron chi connectivity index (χ0n) is 16.2. The molecule has 0 saturated carbocycles. The summed E-state index contributed by atoms with van der Waals surface area (Å²) in [6.45, 7) is 8.87. The minimum absolute atomic E-state index is 0.201. The van der Waals surface area contributed by atoms with E-state index in [9.17, 15) is 4.79 Å². The zero-order chi connectivity index (χ0) is 19.6. The third-order valence-electron chi connectivity index (χ3n) is 3.54. The molecule has 0 aliphatic rings. The third-order valence-corrected chi connectivity index (χ3v) is 4.39. The van der Waals surface area contributed by atoms with Gasteiger partial charge in [-0.2, -0.15) is 5.10 Å². The van der Waals surface area contributed by atoms with Crippen LogP contribution in [0.2, 0.25) is 0 Å². The van der Waals surface area contributed by atoms with Crippen LogP contribution in [0, 0.1) is 19.8 Å². The number of ether oxygens (including phenoxy) is 1. The van der Waals surface area contributed by atoms with E-state index in [1.54, 1.807) is 6.21 Å². The first kappa shape index (κ1) is 20.9. The van der Waals surface area contributed by atoms with E-state index in [0.717, 1.165) is 29.1 Å². The largest absolute Gasteiger partial charge is 0.494 e. The molecule has 1 heterocycles. The molecular weight excluding hydrogens is 360 g/mol.